The summed E-state index contributed by atoms with van der Waals surface area (Å²) in [6.45, 7) is 10.2. The normalized spacial score (nSPS) is 13.8. The van der Waals surface area contributed by atoms with Crippen molar-refractivity contribution < 1.29 is 9.59 Å². The van der Waals surface area contributed by atoms with Crippen molar-refractivity contribution in [1.82, 2.24) is 0 Å². The van der Waals surface area contributed by atoms with E-state index in [2.05, 4.69) is 12.2 Å². The van der Waals surface area contributed by atoms with Gasteiger partial charge in [-0.25, -0.2) is 4.90 Å². The van der Waals surface area contributed by atoms with E-state index in [-0.39, 0.29) is 11.8 Å². The van der Waals surface area contributed by atoms with Gasteiger partial charge in [-0.1, -0.05) is 49.4 Å². The van der Waals surface area contributed by atoms with Crippen molar-refractivity contribution in [3.8, 4) is 0 Å². The first-order valence-corrected chi connectivity index (χ1v) is 10.9. The van der Waals surface area contributed by atoms with Crippen molar-refractivity contribution in [2.45, 2.75) is 41.0 Å². The predicted molar refractivity (Wildman–Crippen MR) is 131 cm³/mol. The number of imide groups is 1. The maximum Gasteiger partial charge on any atom is 0.282 e. The highest BCUT2D eigenvalue weighted by Gasteiger charge is 2.40. The monoisotopic (exact) mass is 424 g/mol. The Morgan fingerprint density at radius 2 is 1.50 bits per heavy atom. The molecule has 3 aromatic rings. The molecule has 0 aliphatic carbocycles. The summed E-state index contributed by atoms with van der Waals surface area (Å²) < 4.78 is 0. The van der Waals surface area contributed by atoms with Crippen molar-refractivity contribution >= 4 is 28.8 Å². The second kappa shape index (κ2) is 8.46. The molecule has 0 fully saturated rings. The van der Waals surface area contributed by atoms with E-state index in [0.717, 1.165) is 45.5 Å². The number of benzene rings is 3. The smallest absolute Gasteiger partial charge is 0.282 e. The van der Waals surface area contributed by atoms with Crippen LogP contribution in [0.25, 0.3) is 5.57 Å². The second-order valence-corrected chi connectivity index (χ2v) is 8.39. The molecule has 0 saturated carbocycles. The fraction of sp³-hybridized carbons (Fsp3) is 0.214. The largest absolute Gasteiger partial charge is 0.350 e. The molecular formula is C28H28N2O2. The van der Waals surface area contributed by atoms with E-state index >= 15 is 0 Å². The summed E-state index contributed by atoms with van der Waals surface area (Å²) >= 11 is 0. The van der Waals surface area contributed by atoms with Gasteiger partial charge in [0.2, 0.25) is 0 Å². The van der Waals surface area contributed by atoms with E-state index in [1.54, 1.807) is 0 Å². The molecule has 0 saturated heterocycles. The topological polar surface area (TPSA) is 49.4 Å². The predicted octanol–water partition coefficient (Wildman–Crippen LogP) is 5.88. The van der Waals surface area contributed by atoms with Crippen LogP contribution in [-0.2, 0) is 16.0 Å². The summed E-state index contributed by atoms with van der Waals surface area (Å²) in [5.41, 5.74) is 8.40. The van der Waals surface area contributed by atoms with Crippen LogP contribution in [0.5, 0.6) is 0 Å². The van der Waals surface area contributed by atoms with Gasteiger partial charge in [0.1, 0.15) is 5.70 Å². The van der Waals surface area contributed by atoms with Gasteiger partial charge in [-0.3, -0.25) is 9.59 Å². The van der Waals surface area contributed by atoms with Crippen LogP contribution in [0.15, 0.2) is 66.4 Å². The lowest BCUT2D eigenvalue weighted by atomic mass is 9.99. The van der Waals surface area contributed by atoms with E-state index in [9.17, 15) is 9.59 Å². The van der Waals surface area contributed by atoms with Crippen molar-refractivity contribution in [1.29, 1.82) is 0 Å². The molecule has 162 valence electrons. The molecule has 1 heterocycles. The highest BCUT2D eigenvalue weighted by molar-refractivity contribution is 6.46. The number of hydrogen-bond donors (Lipinski definition) is 1. The Morgan fingerprint density at radius 1 is 0.781 bits per heavy atom. The number of nitrogens with zero attached hydrogens (tertiary/aromatic N) is 1. The molecule has 0 unspecified atom stereocenters. The van der Waals surface area contributed by atoms with Gasteiger partial charge in [0.05, 0.1) is 11.3 Å². The number of hydrogen-bond acceptors (Lipinski definition) is 3. The van der Waals surface area contributed by atoms with Gasteiger partial charge < -0.3 is 5.32 Å². The van der Waals surface area contributed by atoms with Crippen LogP contribution in [0, 0.1) is 27.7 Å². The van der Waals surface area contributed by atoms with Crippen LogP contribution < -0.4 is 10.2 Å². The molecule has 4 heteroatoms. The van der Waals surface area contributed by atoms with E-state index in [4.69, 9.17) is 0 Å². The molecule has 3 aromatic carbocycles. The second-order valence-electron chi connectivity index (χ2n) is 8.39. The molecule has 1 aliphatic rings. The van der Waals surface area contributed by atoms with Gasteiger partial charge in [-0.05, 0) is 85.7 Å². The van der Waals surface area contributed by atoms with Gasteiger partial charge in [0, 0.05) is 5.69 Å². The number of carbonyl (C=O) groups excluding carboxylic acids is 2. The van der Waals surface area contributed by atoms with Crippen molar-refractivity contribution in [2.75, 3.05) is 10.2 Å². The van der Waals surface area contributed by atoms with Crippen LogP contribution in [-0.4, -0.2) is 11.8 Å². The van der Waals surface area contributed by atoms with Crippen LogP contribution in [0.3, 0.4) is 0 Å². The Labute approximate surface area is 189 Å². The highest BCUT2D eigenvalue weighted by atomic mass is 16.2. The summed E-state index contributed by atoms with van der Waals surface area (Å²) in [4.78, 5) is 28.5. The number of nitrogens with one attached hydrogen (secondary N) is 1. The van der Waals surface area contributed by atoms with E-state index in [1.807, 2.05) is 88.4 Å². The Hall–Kier alpha value is -3.66. The first kappa shape index (κ1) is 21.6. The van der Waals surface area contributed by atoms with E-state index in [0.29, 0.717) is 17.0 Å². The van der Waals surface area contributed by atoms with Gasteiger partial charge in [-0.15, -0.1) is 0 Å². The van der Waals surface area contributed by atoms with Gasteiger partial charge in [-0.2, -0.15) is 0 Å². The molecule has 4 rings (SSSR count). The molecule has 0 atom stereocenters. The average Bonchev–Trinajstić information content (AvgIpc) is 3.03. The van der Waals surface area contributed by atoms with Gasteiger partial charge in [0.25, 0.3) is 11.8 Å². The first-order chi connectivity index (χ1) is 15.3. The molecule has 0 radical (unpaired) electrons. The average molecular weight is 425 g/mol. The minimum absolute atomic E-state index is 0.310. The molecular weight excluding hydrogens is 396 g/mol. The summed E-state index contributed by atoms with van der Waals surface area (Å²) in [5, 5.41) is 3.30. The number of aryl methyl sites for hydroxylation is 4. The standard InChI is InChI=1S/C28H28N2O2/c1-6-21-11-14-23(15-12-21)30-27(31)25(22-13-10-17(2)19(4)16-22)26(28(30)32)29-24-9-7-8-18(3)20(24)5/h7-16,29H,6H2,1-5H3. The van der Waals surface area contributed by atoms with Crippen LogP contribution in [0.1, 0.15) is 40.3 Å². The summed E-state index contributed by atoms with van der Waals surface area (Å²) in [6.07, 6.45) is 0.897. The maximum atomic E-state index is 13.6. The molecule has 0 aromatic heterocycles. The Bertz CT molecular complexity index is 1250. The molecule has 4 nitrogen and oxygen atoms in total. The zero-order valence-electron chi connectivity index (χ0n) is 19.2. The minimum atomic E-state index is -0.339. The SMILES string of the molecule is CCc1ccc(N2C(=O)C(Nc3cccc(C)c3C)=C(c3ccc(C)c(C)c3)C2=O)cc1. The molecule has 1 N–H and O–H groups in total. The summed E-state index contributed by atoms with van der Waals surface area (Å²) in [5.74, 6) is -0.649. The maximum absolute atomic E-state index is 13.6. The summed E-state index contributed by atoms with van der Waals surface area (Å²) in [7, 11) is 0. The lowest BCUT2D eigenvalue weighted by Crippen LogP contribution is -2.32. The highest BCUT2D eigenvalue weighted by Crippen LogP contribution is 2.35. The number of carbonyl (C=O) groups is 2. The third-order valence-corrected chi connectivity index (χ3v) is 6.35. The summed E-state index contributed by atoms with van der Waals surface area (Å²) in [6, 6.07) is 19.4. The molecule has 0 spiro atoms. The fourth-order valence-corrected chi connectivity index (χ4v) is 3.95. The first-order valence-electron chi connectivity index (χ1n) is 10.9. The van der Waals surface area contributed by atoms with Crippen molar-refractivity contribution in [2.24, 2.45) is 0 Å². The van der Waals surface area contributed by atoms with Crippen LogP contribution in [0.4, 0.5) is 11.4 Å². The minimum Gasteiger partial charge on any atom is -0.350 e. The van der Waals surface area contributed by atoms with E-state index in [1.165, 1.54) is 4.90 Å². The molecule has 0 bridgehead atoms. The zero-order valence-corrected chi connectivity index (χ0v) is 19.2. The number of rotatable bonds is 5. The third-order valence-electron chi connectivity index (χ3n) is 6.35. The number of amides is 2. The molecule has 32 heavy (non-hydrogen) atoms. The molecule has 2 amide bonds. The Morgan fingerprint density at radius 3 is 2.16 bits per heavy atom. The third kappa shape index (κ3) is 3.73. The van der Waals surface area contributed by atoms with Crippen molar-refractivity contribution in [3.05, 3.63) is 99.7 Å². The van der Waals surface area contributed by atoms with Crippen LogP contribution in [0.2, 0.25) is 0 Å². The number of anilines is 2. The lowest BCUT2D eigenvalue weighted by molar-refractivity contribution is -0.120. The van der Waals surface area contributed by atoms with Crippen LogP contribution >= 0.6 is 0 Å². The van der Waals surface area contributed by atoms with Crippen molar-refractivity contribution in [3.63, 3.8) is 0 Å². The van der Waals surface area contributed by atoms with E-state index < -0.39 is 0 Å². The Balaban J connectivity index is 1.85. The van der Waals surface area contributed by atoms with Gasteiger partial charge >= 0.3 is 0 Å². The lowest BCUT2D eigenvalue weighted by Gasteiger charge is -2.16. The fourth-order valence-electron chi connectivity index (χ4n) is 3.95. The van der Waals surface area contributed by atoms with Gasteiger partial charge in [0.15, 0.2) is 0 Å². The quantitative estimate of drug-likeness (QED) is 0.521. The Kier molecular flexibility index (Phi) is 5.70. The zero-order chi connectivity index (χ0) is 23.0. The molecule has 1 aliphatic heterocycles.